The molecule has 2 N–H and O–H groups in total. The van der Waals surface area contributed by atoms with Crippen molar-refractivity contribution in [3.63, 3.8) is 0 Å². The van der Waals surface area contributed by atoms with Crippen LogP contribution in [0, 0.1) is 12.3 Å². The maximum atomic E-state index is 6.44. The van der Waals surface area contributed by atoms with Crippen LogP contribution >= 0.6 is 11.6 Å². The van der Waals surface area contributed by atoms with Crippen molar-refractivity contribution >= 4 is 28.2 Å². The molecular formula is C23H26ClN3. The highest BCUT2D eigenvalue weighted by molar-refractivity contribution is 6.31. The van der Waals surface area contributed by atoms with Crippen molar-refractivity contribution in [2.24, 2.45) is 5.41 Å². The number of nitrogens with zero attached hydrogens (tertiary/aromatic N) is 1. The number of halogens is 1. The van der Waals surface area contributed by atoms with Gasteiger partial charge < -0.3 is 10.6 Å². The highest BCUT2D eigenvalue weighted by Gasteiger charge is 2.32. The summed E-state index contributed by atoms with van der Waals surface area (Å²) in [5.74, 6) is 0. The van der Waals surface area contributed by atoms with E-state index >= 15 is 0 Å². The lowest BCUT2D eigenvalue weighted by Crippen LogP contribution is -2.26. The third-order valence-electron chi connectivity index (χ3n) is 5.79. The summed E-state index contributed by atoms with van der Waals surface area (Å²) in [7, 11) is 0. The van der Waals surface area contributed by atoms with Crippen LogP contribution in [0.5, 0.6) is 0 Å². The second-order valence-corrected chi connectivity index (χ2v) is 8.41. The van der Waals surface area contributed by atoms with Gasteiger partial charge in [0.15, 0.2) is 0 Å². The zero-order chi connectivity index (χ0) is 18.9. The minimum atomic E-state index is 0.203. The molecule has 1 saturated heterocycles. The molecule has 0 bridgehead atoms. The van der Waals surface area contributed by atoms with E-state index in [2.05, 4.69) is 65.9 Å². The Balaban J connectivity index is 1.68. The van der Waals surface area contributed by atoms with Crippen LogP contribution in [0.4, 0.5) is 5.69 Å². The molecule has 0 saturated carbocycles. The maximum absolute atomic E-state index is 6.44. The number of aromatic nitrogens is 1. The largest absolute Gasteiger partial charge is 0.378 e. The monoisotopic (exact) mass is 379 g/mol. The smallest absolute Gasteiger partial charge is 0.0722 e. The van der Waals surface area contributed by atoms with Crippen LogP contribution in [0.3, 0.4) is 0 Å². The minimum absolute atomic E-state index is 0.203. The number of anilines is 1. The van der Waals surface area contributed by atoms with Crippen molar-refractivity contribution in [1.29, 1.82) is 0 Å². The van der Waals surface area contributed by atoms with Gasteiger partial charge in [0.25, 0.3) is 0 Å². The van der Waals surface area contributed by atoms with Gasteiger partial charge in [-0.05, 0) is 67.1 Å². The van der Waals surface area contributed by atoms with Crippen LogP contribution in [0.2, 0.25) is 5.02 Å². The van der Waals surface area contributed by atoms with Crippen molar-refractivity contribution in [2.45, 2.75) is 32.7 Å². The Morgan fingerprint density at radius 3 is 2.93 bits per heavy atom. The van der Waals surface area contributed by atoms with Gasteiger partial charge in [-0.2, -0.15) is 0 Å². The second-order valence-electron chi connectivity index (χ2n) is 8.00. The van der Waals surface area contributed by atoms with Crippen LogP contribution in [0.15, 0.2) is 54.7 Å². The van der Waals surface area contributed by atoms with E-state index in [-0.39, 0.29) is 11.5 Å². The summed E-state index contributed by atoms with van der Waals surface area (Å²) in [6, 6.07) is 16.9. The molecule has 3 nitrogen and oxygen atoms in total. The molecule has 1 aliphatic rings. The molecular weight excluding hydrogens is 354 g/mol. The summed E-state index contributed by atoms with van der Waals surface area (Å²) < 4.78 is 0. The summed E-state index contributed by atoms with van der Waals surface area (Å²) in [6.07, 6.45) is 4.10. The zero-order valence-corrected chi connectivity index (χ0v) is 16.7. The van der Waals surface area contributed by atoms with Gasteiger partial charge in [-0.3, -0.25) is 4.98 Å². The van der Waals surface area contributed by atoms with Gasteiger partial charge in [0, 0.05) is 28.8 Å². The Morgan fingerprint density at radius 1 is 1.22 bits per heavy atom. The summed E-state index contributed by atoms with van der Waals surface area (Å²) in [5.41, 5.74) is 4.82. The van der Waals surface area contributed by atoms with Crippen molar-refractivity contribution in [3.05, 3.63) is 70.9 Å². The molecule has 140 valence electrons. The average Bonchev–Trinajstić information content (AvgIpc) is 3.09. The van der Waals surface area contributed by atoms with E-state index in [1.165, 1.54) is 12.0 Å². The lowest BCUT2D eigenvalue weighted by atomic mass is 9.80. The van der Waals surface area contributed by atoms with Crippen molar-refractivity contribution in [1.82, 2.24) is 10.3 Å². The maximum Gasteiger partial charge on any atom is 0.0722 e. The van der Waals surface area contributed by atoms with Crippen LogP contribution in [0.1, 0.15) is 36.9 Å². The fourth-order valence-electron chi connectivity index (χ4n) is 4.13. The zero-order valence-electron chi connectivity index (χ0n) is 15.9. The first kappa shape index (κ1) is 18.3. The predicted octanol–water partition coefficient (Wildman–Crippen LogP) is 5.74. The van der Waals surface area contributed by atoms with Crippen LogP contribution < -0.4 is 10.6 Å². The van der Waals surface area contributed by atoms with Crippen LogP contribution in [-0.2, 0) is 0 Å². The van der Waals surface area contributed by atoms with Gasteiger partial charge in [0.1, 0.15) is 0 Å². The SMILES string of the molecule is Cc1c(Cl)cccc1C(C[C@]1(C)CCNC1)Nc1ccc2cccnc2c1. The fraction of sp³-hybridized carbons (Fsp3) is 0.348. The first-order valence-corrected chi connectivity index (χ1v) is 9.99. The minimum Gasteiger partial charge on any atom is -0.378 e. The molecule has 0 radical (unpaired) electrons. The van der Waals surface area contributed by atoms with Crippen molar-refractivity contribution < 1.29 is 0 Å². The average molecular weight is 380 g/mol. The number of pyridine rings is 1. The Bertz CT molecular complexity index is 947. The normalized spacial score (nSPS) is 20.7. The van der Waals surface area contributed by atoms with E-state index < -0.39 is 0 Å². The number of fused-ring (bicyclic) bond motifs is 1. The molecule has 1 unspecified atom stereocenters. The fourth-order valence-corrected chi connectivity index (χ4v) is 4.32. The van der Waals surface area contributed by atoms with Gasteiger partial charge in [-0.1, -0.05) is 42.8 Å². The molecule has 4 heteroatoms. The molecule has 0 amide bonds. The van der Waals surface area contributed by atoms with Crippen LogP contribution in [0.25, 0.3) is 10.9 Å². The Morgan fingerprint density at radius 2 is 2.11 bits per heavy atom. The van der Waals surface area contributed by atoms with E-state index in [1.54, 1.807) is 0 Å². The summed E-state index contributed by atoms with van der Waals surface area (Å²) in [5, 5.41) is 9.29. The lowest BCUT2D eigenvalue weighted by Gasteiger charge is -2.31. The quantitative estimate of drug-likeness (QED) is 0.593. The molecule has 1 fully saturated rings. The van der Waals surface area contributed by atoms with E-state index in [1.807, 2.05) is 18.3 Å². The molecule has 2 heterocycles. The van der Waals surface area contributed by atoms with E-state index in [0.29, 0.717) is 0 Å². The second kappa shape index (κ2) is 7.49. The number of hydrogen-bond donors (Lipinski definition) is 2. The van der Waals surface area contributed by atoms with E-state index in [0.717, 1.165) is 46.7 Å². The third kappa shape index (κ3) is 3.95. The molecule has 4 rings (SSSR count). The van der Waals surface area contributed by atoms with Gasteiger partial charge >= 0.3 is 0 Å². The van der Waals surface area contributed by atoms with Crippen molar-refractivity contribution in [3.8, 4) is 0 Å². The molecule has 1 aliphatic heterocycles. The first-order chi connectivity index (χ1) is 13.0. The molecule has 2 aromatic carbocycles. The van der Waals surface area contributed by atoms with Gasteiger partial charge in [0.2, 0.25) is 0 Å². The lowest BCUT2D eigenvalue weighted by molar-refractivity contribution is 0.313. The summed E-state index contributed by atoms with van der Waals surface area (Å²) in [6.45, 7) is 6.65. The Hall–Kier alpha value is -2.10. The van der Waals surface area contributed by atoms with E-state index in [4.69, 9.17) is 11.6 Å². The Kier molecular flexibility index (Phi) is 5.07. The van der Waals surface area contributed by atoms with Gasteiger partial charge in [-0.25, -0.2) is 0 Å². The predicted molar refractivity (Wildman–Crippen MR) is 115 cm³/mol. The number of hydrogen-bond acceptors (Lipinski definition) is 3. The van der Waals surface area contributed by atoms with E-state index in [9.17, 15) is 0 Å². The molecule has 2 atom stereocenters. The number of rotatable bonds is 5. The molecule has 27 heavy (non-hydrogen) atoms. The number of benzene rings is 2. The highest BCUT2D eigenvalue weighted by atomic mass is 35.5. The molecule has 0 aliphatic carbocycles. The third-order valence-corrected chi connectivity index (χ3v) is 6.20. The highest BCUT2D eigenvalue weighted by Crippen LogP contribution is 2.39. The molecule has 1 aromatic heterocycles. The standard InChI is InChI=1S/C23H26ClN3/c1-16-19(6-3-7-20(16)24)22(14-23(2)10-12-25-15-23)27-18-9-8-17-5-4-11-26-21(17)13-18/h3-9,11,13,22,25,27H,10,12,14-15H2,1-2H3/t22?,23-/m0/s1. The summed E-state index contributed by atoms with van der Waals surface area (Å²) in [4.78, 5) is 4.50. The topological polar surface area (TPSA) is 37.0 Å². The van der Waals surface area contributed by atoms with Gasteiger partial charge in [0.05, 0.1) is 11.6 Å². The molecule has 0 spiro atoms. The summed E-state index contributed by atoms with van der Waals surface area (Å²) >= 11 is 6.44. The Labute approximate surface area is 166 Å². The molecule has 3 aromatic rings. The van der Waals surface area contributed by atoms with Crippen LogP contribution in [-0.4, -0.2) is 18.1 Å². The first-order valence-electron chi connectivity index (χ1n) is 9.61. The number of nitrogens with one attached hydrogen (secondary N) is 2. The van der Waals surface area contributed by atoms with Gasteiger partial charge in [-0.15, -0.1) is 0 Å². The van der Waals surface area contributed by atoms with Crippen molar-refractivity contribution in [2.75, 3.05) is 18.4 Å².